The second kappa shape index (κ2) is 8.22. The quantitative estimate of drug-likeness (QED) is 0.886. The average molecular weight is 322 g/mol. The van der Waals surface area contributed by atoms with Crippen LogP contribution in [0.15, 0.2) is 60.7 Å². The van der Waals surface area contributed by atoms with E-state index in [-0.39, 0.29) is 12.0 Å². The predicted molar refractivity (Wildman–Crippen MR) is 98.0 cm³/mol. The molecule has 2 aromatic rings. The molecular formula is C21H26N2O. The summed E-state index contributed by atoms with van der Waals surface area (Å²) in [5, 5.41) is 2.99. The van der Waals surface area contributed by atoms with Crippen LogP contribution in [-0.2, 0) is 4.79 Å². The van der Waals surface area contributed by atoms with Crippen molar-refractivity contribution in [1.29, 1.82) is 0 Å². The van der Waals surface area contributed by atoms with Crippen LogP contribution in [0.1, 0.15) is 30.0 Å². The molecule has 3 rings (SSSR count). The van der Waals surface area contributed by atoms with Gasteiger partial charge in [0.2, 0.25) is 0 Å². The lowest BCUT2D eigenvalue weighted by Gasteiger charge is -2.37. The molecule has 1 saturated heterocycles. The number of nitrogens with one attached hydrogen (secondary N) is 1. The number of hydrogen-bond acceptors (Lipinski definition) is 3. The first kappa shape index (κ1) is 16.9. The third kappa shape index (κ3) is 3.92. The van der Waals surface area contributed by atoms with Crippen molar-refractivity contribution in [3.63, 3.8) is 0 Å². The molecule has 1 heterocycles. The van der Waals surface area contributed by atoms with E-state index >= 15 is 0 Å². The van der Waals surface area contributed by atoms with E-state index in [1.807, 2.05) is 7.05 Å². The number of likely N-dealkylation sites (tertiary alicyclic amines) is 1. The Balaban J connectivity index is 1.77. The first-order valence-electron chi connectivity index (χ1n) is 8.81. The summed E-state index contributed by atoms with van der Waals surface area (Å²) >= 11 is 0. The highest BCUT2D eigenvalue weighted by Gasteiger charge is 2.29. The molecule has 1 N–H and O–H groups in total. The van der Waals surface area contributed by atoms with Crippen molar-refractivity contribution < 1.29 is 4.79 Å². The zero-order valence-electron chi connectivity index (χ0n) is 14.3. The van der Waals surface area contributed by atoms with E-state index in [4.69, 9.17) is 0 Å². The second-order valence-corrected chi connectivity index (χ2v) is 6.53. The molecule has 0 bridgehead atoms. The van der Waals surface area contributed by atoms with Crippen LogP contribution in [0, 0.1) is 5.92 Å². The summed E-state index contributed by atoms with van der Waals surface area (Å²) in [7, 11) is 1.84. The van der Waals surface area contributed by atoms with Gasteiger partial charge in [0.25, 0.3) is 0 Å². The number of carbonyl (C=O) groups is 1. The summed E-state index contributed by atoms with van der Waals surface area (Å²) in [6, 6.07) is 21.6. The molecule has 1 aliphatic rings. The van der Waals surface area contributed by atoms with E-state index in [0.29, 0.717) is 12.3 Å². The fourth-order valence-electron chi connectivity index (χ4n) is 3.68. The van der Waals surface area contributed by atoms with Crippen molar-refractivity contribution in [1.82, 2.24) is 10.2 Å². The first-order chi connectivity index (χ1) is 11.8. The number of benzene rings is 2. The average Bonchev–Trinajstić information content (AvgIpc) is 2.64. The summed E-state index contributed by atoms with van der Waals surface area (Å²) < 4.78 is 0. The molecule has 0 aromatic heterocycles. The van der Waals surface area contributed by atoms with Crippen LogP contribution in [0.4, 0.5) is 0 Å². The molecule has 2 aromatic carbocycles. The molecule has 1 aliphatic heterocycles. The Morgan fingerprint density at radius 2 is 1.50 bits per heavy atom. The molecule has 0 unspecified atom stereocenters. The Kier molecular flexibility index (Phi) is 5.78. The molecule has 24 heavy (non-hydrogen) atoms. The third-order valence-electron chi connectivity index (χ3n) is 4.93. The number of piperidine rings is 1. The summed E-state index contributed by atoms with van der Waals surface area (Å²) in [6.45, 7) is 2.43. The van der Waals surface area contributed by atoms with Crippen LogP contribution >= 0.6 is 0 Å². The van der Waals surface area contributed by atoms with Gasteiger partial charge in [-0.05, 0) is 44.1 Å². The van der Waals surface area contributed by atoms with Crippen molar-refractivity contribution in [3.05, 3.63) is 71.8 Å². The van der Waals surface area contributed by atoms with Crippen molar-refractivity contribution in [3.8, 4) is 0 Å². The summed E-state index contributed by atoms with van der Waals surface area (Å²) in [6.07, 6.45) is 1.91. The summed E-state index contributed by atoms with van der Waals surface area (Å²) in [5.74, 6) is 0.564. The van der Waals surface area contributed by atoms with Crippen LogP contribution in [0.2, 0.25) is 0 Å². The lowest BCUT2D eigenvalue weighted by atomic mass is 9.89. The third-order valence-corrected chi connectivity index (χ3v) is 4.93. The van der Waals surface area contributed by atoms with Crippen molar-refractivity contribution in [2.24, 2.45) is 5.92 Å². The van der Waals surface area contributed by atoms with E-state index in [1.165, 1.54) is 11.1 Å². The minimum absolute atomic E-state index is 0.209. The van der Waals surface area contributed by atoms with Gasteiger partial charge in [-0.1, -0.05) is 60.7 Å². The molecule has 0 saturated carbocycles. The predicted octanol–water partition coefficient (Wildman–Crippen LogP) is 3.28. The number of likely N-dealkylation sites (N-methyl/N-ethyl adjacent to an activating group) is 1. The van der Waals surface area contributed by atoms with Crippen molar-refractivity contribution >= 4 is 5.78 Å². The number of carbonyl (C=O) groups excluding carboxylic acids is 1. The van der Waals surface area contributed by atoms with E-state index < -0.39 is 0 Å². The molecule has 0 spiro atoms. The van der Waals surface area contributed by atoms with Gasteiger partial charge in [0.1, 0.15) is 5.78 Å². The lowest BCUT2D eigenvalue weighted by molar-refractivity contribution is -0.123. The minimum atomic E-state index is 0.209. The highest BCUT2D eigenvalue weighted by molar-refractivity contribution is 5.83. The maximum atomic E-state index is 12.1. The first-order valence-corrected chi connectivity index (χ1v) is 8.81. The van der Waals surface area contributed by atoms with Crippen LogP contribution < -0.4 is 5.32 Å². The SMILES string of the molecule is CNCC(=O)C1CCN(C(c2ccccc2)c2ccccc2)CC1. The molecule has 0 atom stereocenters. The normalized spacial score (nSPS) is 16.4. The van der Waals surface area contributed by atoms with Gasteiger partial charge >= 0.3 is 0 Å². The Morgan fingerprint density at radius 3 is 1.96 bits per heavy atom. The molecule has 0 amide bonds. The lowest BCUT2D eigenvalue weighted by Crippen LogP contribution is -2.40. The monoisotopic (exact) mass is 322 g/mol. The van der Waals surface area contributed by atoms with Gasteiger partial charge in [0.15, 0.2) is 0 Å². The van der Waals surface area contributed by atoms with Crippen LogP contribution in [0.5, 0.6) is 0 Å². The number of ketones is 1. The Hall–Kier alpha value is -1.97. The largest absolute Gasteiger partial charge is 0.313 e. The highest BCUT2D eigenvalue weighted by atomic mass is 16.1. The molecule has 3 nitrogen and oxygen atoms in total. The fourth-order valence-corrected chi connectivity index (χ4v) is 3.68. The fraction of sp³-hybridized carbons (Fsp3) is 0.381. The number of rotatable bonds is 6. The maximum absolute atomic E-state index is 12.1. The molecule has 3 heteroatoms. The van der Waals surface area contributed by atoms with Gasteiger partial charge in [0.05, 0.1) is 12.6 Å². The van der Waals surface area contributed by atoms with Crippen LogP contribution in [0.3, 0.4) is 0 Å². The van der Waals surface area contributed by atoms with Crippen LogP contribution in [0.25, 0.3) is 0 Å². The summed E-state index contributed by atoms with van der Waals surface area (Å²) in [4.78, 5) is 14.7. The zero-order chi connectivity index (χ0) is 16.8. The molecule has 0 radical (unpaired) electrons. The van der Waals surface area contributed by atoms with Gasteiger partial charge in [-0.2, -0.15) is 0 Å². The Morgan fingerprint density at radius 1 is 1.00 bits per heavy atom. The standard InChI is InChI=1S/C21H26N2O/c1-22-16-20(24)17-12-14-23(15-13-17)21(18-8-4-2-5-9-18)19-10-6-3-7-11-19/h2-11,17,21-22H,12-16H2,1H3. The van der Waals surface area contributed by atoms with Crippen LogP contribution in [-0.4, -0.2) is 37.4 Å². The number of nitrogens with zero attached hydrogens (tertiary/aromatic N) is 1. The van der Waals surface area contributed by atoms with Crippen molar-refractivity contribution in [2.75, 3.05) is 26.7 Å². The topological polar surface area (TPSA) is 32.3 Å². The van der Waals surface area contributed by atoms with Gasteiger partial charge in [-0.3, -0.25) is 9.69 Å². The van der Waals surface area contributed by atoms with Gasteiger partial charge in [-0.15, -0.1) is 0 Å². The Labute approximate surface area is 144 Å². The van der Waals surface area contributed by atoms with E-state index in [2.05, 4.69) is 70.9 Å². The molecular weight excluding hydrogens is 296 g/mol. The zero-order valence-corrected chi connectivity index (χ0v) is 14.3. The number of Topliss-reactive ketones (excluding diaryl/α,β-unsaturated/α-hetero) is 1. The van der Waals surface area contributed by atoms with Gasteiger partial charge in [0, 0.05) is 5.92 Å². The van der Waals surface area contributed by atoms with Gasteiger partial charge in [-0.25, -0.2) is 0 Å². The van der Waals surface area contributed by atoms with E-state index in [0.717, 1.165) is 25.9 Å². The van der Waals surface area contributed by atoms with Crippen molar-refractivity contribution in [2.45, 2.75) is 18.9 Å². The van der Waals surface area contributed by atoms with E-state index in [9.17, 15) is 4.79 Å². The Bertz CT molecular complexity index is 594. The number of hydrogen-bond donors (Lipinski definition) is 1. The minimum Gasteiger partial charge on any atom is -0.313 e. The summed E-state index contributed by atoms with van der Waals surface area (Å²) in [5.41, 5.74) is 2.65. The van der Waals surface area contributed by atoms with Gasteiger partial charge < -0.3 is 5.32 Å². The van der Waals surface area contributed by atoms with E-state index in [1.54, 1.807) is 0 Å². The second-order valence-electron chi connectivity index (χ2n) is 6.53. The molecule has 126 valence electrons. The molecule has 0 aliphatic carbocycles. The highest BCUT2D eigenvalue weighted by Crippen LogP contribution is 2.32. The maximum Gasteiger partial charge on any atom is 0.149 e. The smallest absolute Gasteiger partial charge is 0.149 e. The molecule has 1 fully saturated rings.